The molecule has 0 aliphatic carbocycles. The second-order valence-electron chi connectivity index (χ2n) is 2.55. The summed E-state index contributed by atoms with van der Waals surface area (Å²) >= 11 is 0. The van der Waals surface area contributed by atoms with Gasteiger partial charge in [-0.05, 0) is 11.6 Å². The second kappa shape index (κ2) is 4.97. The Morgan fingerprint density at radius 3 is 2.46 bits per heavy atom. The summed E-state index contributed by atoms with van der Waals surface area (Å²) in [6.07, 6.45) is 2.93. The minimum Gasteiger partial charge on any atom is -0.379 e. The monoisotopic (exact) mass is 198 g/mol. The number of aliphatic hydroxyl groups excluding tert-OH is 1. The van der Waals surface area contributed by atoms with Crippen molar-refractivity contribution in [1.29, 1.82) is 0 Å². The van der Waals surface area contributed by atoms with Crippen LogP contribution in [0.4, 0.5) is 0 Å². The van der Waals surface area contributed by atoms with Gasteiger partial charge in [-0.3, -0.25) is 4.57 Å². The minimum atomic E-state index is -2.86. The van der Waals surface area contributed by atoms with Crippen LogP contribution in [0.5, 0.6) is 0 Å². The number of hydrogen-bond donors (Lipinski definition) is 2. The van der Waals surface area contributed by atoms with Gasteiger partial charge in [-0.2, -0.15) is 0 Å². The summed E-state index contributed by atoms with van der Waals surface area (Å²) in [7, 11) is -2.86. The molecule has 0 spiro atoms. The van der Waals surface area contributed by atoms with Gasteiger partial charge >= 0.3 is 0 Å². The first-order chi connectivity index (χ1) is 6.20. The molecule has 0 radical (unpaired) electrons. The average Bonchev–Trinajstić information content (AvgIpc) is 2.15. The molecule has 0 bridgehead atoms. The summed E-state index contributed by atoms with van der Waals surface area (Å²) in [6.45, 7) is 0. The lowest BCUT2D eigenvalue weighted by atomic mass is 10.2. The van der Waals surface area contributed by atoms with Gasteiger partial charge in [-0.25, -0.2) is 0 Å². The van der Waals surface area contributed by atoms with Gasteiger partial charge < -0.3 is 10.00 Å². The molecule has 0 heterocycles. The highest BCUT2D eigenvalue weighted by molar-refractivity contribution is 7.38. The fourth-order valence-electron chi connectivity index (χ4n) is 0.849. The van der Waals surface area contributed by atoms with Gasteiger partial charge in [0.2, 0.25) is 8.03 Å². The third-order valence-electron chi connectivity index (χ3n) is 1.52. The fourth-order valence-corrected chi connectivity index (χ4v) is 1.11. The number of hydrogen-bond acceptors (Lipinski definition) is 2. The van der Waals surface area contributed by atoms with E-state index >= 15 is 0 Å². The van der Waals surface area contributed by atoms with Gasteiger partial charge in [-0.1, -0.05) is 36.4 Å². The van der Waals surface area contributed by atoms with Crippen LogP contribution in [0, 0.1) is 0 Å². The van der Waals surface area contributed by atoms with Gasteiger partial charge in [0, 0.05) is 0 Å². The Kier molecular flexibility index (Phi) is 3.90. The van der Waals surface area contributed by atoms with E-state index in [9.17, 15) is 4.57 Å². The summed E-state index contributed by atoms with van der Waals surface area (Å²) in [5.74, 6) is -1.25. The zero-order chi connectivity index (χ0) is 9.68. The Morgan fingerprint density at radius 2 is 1.92 bits per heavy atom. The summed E-state index contributed by atoms with van der Waals surface area (Å²) in [5, 5.41) is 8.98. The van der Waals surface area contributed by atoms with Crippen molar-refractivity contribution in [2.75, 3.05) is 0 Å². The molecule has 0 aromatic heterocycles. The standard InChI is InChI=1S/C9H11O3P/c10-9(13(11)12)7-6-8-4-2-1-3-5-8/h1-7,9-10,13H,(H,11,12)/b7-6+. The van der Waals surface area contributed by atoms with Crippen molar-refractivity contribution in [3.05, 3.63) is 42.0 Å². The molecule has 2 N–H and O–H groups in total. The lowest BCUT2D eigenvalue weighted by molar-refractivity contribution is 0.282. The van der Waals surface area contributed by atoms with Crippen molar-refractivity contribution in [1.82, 2.24) is 0 Å². The van der Waals surface area contributed by atoms with E-state index in [1.54, 1.807) is 6.08 Å². The van der Waals surface area contributed by atoms with E-state index in [-0.39, 0.29) is 0 Å². The molecule has 1 rings (SSSR count). The molecule has 0 aliphatic rings. The van der Waals surface area contributed by atoms with Crippen LogP contribution in [0.3, 0.4) is 0 Å². The maximum absolute atomic E-state index is 10.4. The van der Waals surface area contributed by atoms with Crippen LogP contribution in [-0.2, 0) is 4.57 Å². The smallest absolute Gasteiger partial charge is 0.220 e. The van der Waals surface area contributed by atoms with Gasteiger partial charge in [0.15, 0.2) is 0 Å². The molecular formula is C9H11O3P. The van der Waals surface area contributed by atoms with Gasteiger partial charge in [0.05, 0.1) is 0 Å². The zero-order valence-corrected chi connectivity index (χ0v) is 7.92. The molecule has 3 nitrogen and oxygen atoms in total. The summed E-state index contributed by atoms with van der Waals surface area (Å²) in [5.41, 5.74) is 0.893. The first-order valence-electron chi connectivity index (χ1n) is 3.84. The fraction of sp³-hybridized carbons (Fsp3) is 0.111. The molecular weight excluding hydrogens is 187 g/mol. The Hall–Kier alpha value is -0.890. The molecule has 2 atom stereocenters. The van der Waals surface area contributed by atoms with E-state index in [1.165, 1.54) is 6.08 Å². The second-order valence-corrected chi connectivity index (χ2v) is 3.82. The third-order valence-corrected chi connectivity index (χ3v) is 2.22. The molecule has 4 heteroatoms. The van der Waals surface area contributed by atoms with E-state index in [4.69, 9.17) is 10.00 Å². The van der Waals surface area contributed by atoms with Crippen LogP contribution in [0.15, 0.2) is 36.4 Å². The first kappa shape index (κ1) is 10.2. The van der Waals surface area contributed by atoms with Crippen molar-refractivity contribution < 1.29 is 14.6 Å². The predicted octanol–water partition coefficient (Wildman–Crippen LogP) is 1.49. The van der Waals surface area contributed by atoms with Crippen molar-refractivity contribution >= 4 is 14.1 Å². The predicted molar refractivity (Wildman–Crippen MR) is 52.7 cm³/mol. The quantitative estimate of drug-likeness (QED) is 0.723. The van der Waals surface area contributed by atoms with Gasteiger partial charge in [0.1, 0.15) is 5.85 Å². The van der Waals surface area contributed by atoms with Crippen LogP contribution in [0.25, 0.3) is 6.08 Å². The molecule has 0 saturated carbocycles. The van der Waals surface area contributed by atoms with E-state index in [0.717, 1.165) is 5.56 Å². The third kappa shape index (κ3) is 3.55. The zero-order valence-electron chi connectivity index (χ0n) is 6.92. The van der Waals surface area contributed by atoms with Crippen molar-refractivity contribution in [3.8, 4) is 0 Å². The lowest BCUT2D eigenvalue weighted by Gasteiger charge is -1.98. The van der Waals surface area contributed by atoms with Crippen molar-refractivity contribution in [3.63, 3.8) is 0 Å². The van der Waals surface area contributed by atoms with Crippen molar-refractivity contribution in [2.24, 2.45) is 0 Å². The molecule has 0 saturated heterocycles. The maximum atomic E-state index is 10.4. The van der Waals surface area contributed by atoms with Crippen LogP contribution >= 0.6 is 8.03 Å². The highest BCUT2D eigenvalue weighted by atomic mass is 31.1. The Morgan fingerprint density at radius 1 is 1.31 bits per heavy atom. The molecule has 1 aromatic carbocycles. The Labute approximate surface area is 77.2 Å². The molecule has 0 amide bonds. The molecule has 13 heavy (non-hydrogen) atoms. The summed E-state index contributed by atoms with van der Waals surface area (Å²) < 4.78 is 10.4. The maximum Gasteiger partial charge on any atom is 0.220 e. The molecule has 70 valence electrons. The van der Waals surface area contributed by atoms with Crippen LogP contribution in [0.1, 0.15) is 5.56 Å². The van der Waals surface area contributed by atoms with Crippen LogP contribution < -0.4 is 0 Å². The first-order valence-corrected chi connectivity index (χ1v) is 5.27. The topological polar surface area (TPSA) is 57.5 Å². The highest BCUT2D eigenvalue weighted by Gasteiger charge is 2.03. The normalized spacial score (nSPS) is 15.8. The van der Waals surface area contributed by atoms with E-state index in [0.29, 0.717) is 0 Å². The molecule has 2 unspecified atom stereocenters. The highest BCUT2D eigenvalue weighted by Crippen LogP contribution is 2.21. The lowest BCUT2D eigenvalue weighted by Crippen LogP contribution is -1.92. The Balaban J connectivity index is 2.64. The minimum absolute atomic E-state index is 0.893. The van der Waals surface area contributed by atoms with E-state index in [1.807, 2.05) is 30.3 Å². The summed E-state index contributed by atoms with van der Waals surface area (Å²) in [6, 6.07) is 9.28. The van der Waals surface area contributed by atoms with Crippen LogP contribution in [-0.4, -0.2) is 15.8 Å². The van der Waals surface area contributed by atoms with E-state index in [2.05, 4.69) is 0 Å². The SMILES string of the molecule is O=[PH](O)C(O)/C=C/c1ccccc1. The van der Waals surface area contributed by atoms with Crippen molar-refractivity contribution in [2.45, 2.75) is 5.85 Å². The van der Waals surface area contributed by atoms with Gasteiger partial charge in [0.25, 0.3) is 0 Å². The molecule has 0 fully saturated rings. The largest absolute Gasteiger partial charge is 0.379 e. The molecule has 0 aliphatic heterocycles. The summed E-state index contributed by atoms with van der Waals surface area (Å²) in [4.78, 5) is 8.54. The van der Waals surface area contributed by atoms with Gasteiger partial charge in [-0.15, -0.1) is 0 Å². The van der Waals surface area contributed by atoms with Crippen LogP contribution in [0.2, 0.25) is 0 Å². The molecule has 1 aromatic rings. The Bertz CT molecular complexity index is 308. The number of benzene rings is 1. The number of rotatable bonds is 3. The van der Waals surface area contributed by atoms with E-state index < -0.39 is 13.9 Å². The average molecular weight is 198 g/mol. The number of aliphatic hydroxyl groups is 1.